The van der Waals surface area contributed by atoms with Crippen LogP contribution in [-0.4, -0.2) is 75.6 Å². The maximum absolute atomic E-state index is 12.8. The van der Waals surface area contributed by atoms with Crippen molar-refractivity contribution in [2.75, 3.05) is 33.2 Å². The Kier molecular flexibility index (Phi) is 6.93. The number of hydrogen-bond acceptors (Lipinski definition) is 3. The average molecular weight is 514 g/mol. The van der Waals surface area contributed by atoms with Gasteiger partial charge < -0.3 is 14.4 Å². The molecule has 2 atom stereocenters. The monoisotopic (exact) mass is 513 g/mol. The number of rotatable bonds is 6. The van der Waals surface area contributed by atoms with Crippen LogP contribution in [0.3, 0.4) is 0 Å². The summed E-state index contributed by atoms with van der Waals surface area (Å²) < 4.78 is 2.53. The van der Waals surface area contributed by atoms with Gasteiger partial charge in [0.1, 0.15) is 5.82 Å². The van der Waals surface area contributed by atoms with E-state index in [1.807, 2.05) is 18.9 Å². The van der Waals surface area contributed by atoms with Gasteiger partial charge in [-0.3, -0.25) is 4.90 Å². The lowest BCUT2D eigenvalue weighted by Crippen LogP contribution is -2.51. The summed E-state index contributed by atoms with van der Waals surface area (Å²) in [7, 11) is 1.91. The van der Waals surface area contributed by atoms with Crippen molar-refractivity contribution in [3.8, 4) is 0 Å². The number of fused-ring (bicyclic) bond motifs is 3. The SMILES string of the molecule is CCN(C)C(=O)N1CCC(CCN2C3CCC2CC(n2c(C)nc4ccccc42)C3)(c2ccccc2)CC1. The fraction of sp³-hybridized carbons (Fsp3) is 0.562. The zero-order valence-corrected chi connectivity index (χ0v) is 23.4. The molecule has 4 heterocycles. The smallest absolute Gasteiger partial charge is 0.319 e. The standard InChI is InChI=1S/C32H43N5O/c1-4-34(3)31(38)35-19-16-32(17-20-35,25-10-6-5-7-11-25)18-21-36-26-14-15-27(36)23-28(22-26)37-24(2)33-29-12-8-9-13-30(29)37/h5-13,26-28H,4,14-23H2,1-3H3. The molecule has 6 heteroatoms. The zero-order chi connectivity index (χ0) is 26.3. The first kappa shape index (κ1) is 25.4. The molecule has 2 unspecified atom stereocenters. The number of likely N-dealkylation sites (tertiary alicyclic amines) is 1. The van der Waals surface area contributed by atoms with Gasteiger partial charge in [-0.25, -0.2) is 9.78 Å². The van der Waals surface area contributed by atoms with Crippen LogP contribution >= 0.6 is 0 Å². The molecular formula is C32H43N5O. The lowest BCUT2D eigenvalue weighted by molar-refractivity contribution is 0.0831. The van der Waals surface area contributed by atoms with Gasteiger partial charge in [0.15, 0.2) is 0 Å². The summed E-state index contributed by atoms with van der Waals surface area (Å²) in [5, 5.41) is 0. The van der Waals surface area contributed by atoms with Gasteiger partial charge in [-0.15, -0.1) is 0 Å². The number of carbonyl (C=O) groups excluding carboxylic acids is 1. The number of para-hydroxylation sites is 2. The molecule has 1 aromatic heterocycles. The number of imidazole rings is 1. The lowest BCUT2D eigenvalue weighted by atomic mass is 9.70. The fourth-order valence-electron chi connectivity index (χ4n) is 7.77. The van der Waals surface area contributed by atoms with Gasteiger partial charge in [-0.1, -0.05) is 42.5 Å². The molecule has 6 rings (SSSR count). The molecule has 3 aliphatic rings. The molecule has 38 heavy (non-hydrogen) atoms. The number of piperidine rings is 2. The largest absolute Gasteiger partial charge is 0.328 e. The molecule has 0 saturated carbocycles. The minimum absolute atomic E-state index is 0.149. The van der Waals surface area contributed by atoms with Crippen molar-refractivity contribution in [1.82, 2.24) is 24.3 Å². The first-order chi connectivity index (χ1) is 18.5. The summed E-state index contributed by atoms with van der Waals surface area (Å²) >= 11 is 0. The summed E-state index contributed by atoms with van der Waals surface area (Å²) in [4.78, 5) is 24.5. The van der Waals surface area contributed by atoms with Crippen molar-refractivity contribution in [2.45, 2.75) is 82.3 Å². The van der Waals surface area contributed by atoms with E-state index < -0.39 is 0 Å². The zero-order valence-electron chi connectivity index (χ0n) is 23.4. The number of hydrogen-bond donors (Lipinski definition) is 0. The van der Waals surface area contributed by atoms with Crippen LogP contribution in [0, 0.1) is 6.92 Å². The summed E-state index contributed by atoms with van der Waals surface area (Å²) in [5.41, 5.74) is 4.02. The van der Waals surface area contributed by atoms with Crippen LogP contribution in [0.1, 0.15) is 69.3 Å². The van der Waals surface area contributed by atoms with Gasteiger partial charge in [0.05, 0.1) is 11.0 Å². The van der Waals surface area contributed by atoms with E-state index in [9.17, 15) is 4.79 Å². The molecule has 0 aliphatic carbocycles. The predicted octanol–water partition coefficient (Wildman–Crippen LogP) is 6.01. The van der Waals surface area contributed by atoms with Crippen LogP contribution < -0.4 is 0 Å². The van der Waals surface area contributed by atoms with Crippen molar-refractivity contribution in [3.63, 3.8) is 0 Å². The molecule has 3 fully saturated rings. The molecule has 2 amide bonds. The van der Waals surface area contributed by atoms with E-state index in [1.165, 1.54) is 43.2 Å². The Balaban J connectivity index is 1.17. The fourth-order valence-corrected chi connectivity index (χ4v) is 7.77. The minimum atomic E-state index is 0.149. The van der Waals surface area contributed by atoms with E-state index >= 15 is 0 Å². The van der Waals surface area contributed by atoms with Crippen LogP contribution in [0.2, 0.25) is 0 Å². The molecule has 0 N–H and O–H groups in total. The number of nitrogens with zero attached hydrogens (tertiary/aromatic N) is 5. The normalized spacial score (nSPS) is 25.1. The highest BCUT2D eigenvalue weighted by atomic mass is 16.2. The molecule has 3 aliphatic heterocycles. The molecule has 3 aromatic rings. The second-order valence-corrected chi connectivity index (χ2v) is 11.9. The van der Waals surface area contributed by atoms with Crippen molar-refractivity contribution in [2.24, 2.45) is 0 Å². The van der Waals surface area contributed by atoms with Crippen LogP contribution in [0.4, 0.5) is 4.79 Å². The number of aryl methyl sites for hydroxylation is 1. The molecule has 6 nitrogen and oxygen atoms in total. The van der Waals surface area contributed by atoms with Gasteiger partial charge in [-0.2, -0.15) is 0 Å². The third kappa shape index (κ3) is 4.51. The minimum Gasteiger partial charge on any atom is -0.328 e. The topological polar surface area (TPSA) is 44.6 Å². The van der Waals surface area contributed by atoms with Crippen molar-refractivity contribution >= 4 is 17.1 Å². The van der Waals surface area contributed by atoms with Gasteiger partial charge in [0, 0.05) is 44.8 Å². The van der Waals surface area contributed by atoms with Crippen molar-refractivity contribution in [3.05, 3.63) is 66.0 Å². The van der Waals surface area contributed by atoms with E-state index in [1.54, 1.807) is 0 Å². The van der Waals surface area contributed by atoms with Crippen molar-refractivity contribution in [1.29, 1.82) is 0 Å². The van der Waals surface area contributed by atoms with Crippen LogP contribution in [0.15, 0.2) is 54.6 Å². The number of carbonyl (C=O) groups is 1. The second kappa shape index (κ2) is 10.4. The number of urea groups is 1. The van der Waals surface area contributed by atoms with Gasteiger partial charge in [0.2, 0.25) is 0 Å². The molecule has 3 saturated heterocycles. The summed E-state index contributed by atoms with van der Waals surface area (Å²) in [6.45, 7) is 7.83. The number of aromatic nitrogens is 2. The number of benzene rings is 2. The Morgan fingerprint density at radius 2 is 1.63 bits per heavy atom. The number of amides is 2. The van der Waals surface area contributed by atoms with Gasteiger partial charge in [0.25, 0.3) is 0 Å². The Hall–Kier alpha value is -2.86. The summed E-state index contributed by atoms with van der Waals surface area (Å²) in [5.74, 6) is 1.15. The predicted molar refractivity (Wildman–Crippen MR) is 154 cm³/mol. The third-order valence-electron chi connectivity index (χ3n) is 10.0. The highest BCUT2D eigenvalue weighted by Gasteiger charge is 2.44. The quantitative estimate of drug-likeness (QED) is 0.406. The maximum Gasteiger partial charge on any atom is 0.319 e. The van der Waals surface area contributed by atoms with E-state index in [0.717, 1.165) is 50.4 Å². The van der Waals surface area contributed by atoms with Crippen molar-refractivity contribution < 1.29 is 4.79 Å². The lowest BCUT2D eigenvalue weighted by Gasteiger charge is -2.46. The van der Waals surface area contributed by atoms with Crippen LogP contribution in [-0.2, 0) is 5.41 Å². The van der Waals surface area contributed by atoms with Gasteiger partial charge in [-0.05, 0) is 88.4 Å². The van der Waals surface area contributed by atoms with Crippen LogP contribution in [0.5, 0.6) is 0 Å². The molecule has 2 aromatic carbocycles. The van der Waals surface area contributed by atoms with E-state index in [4.69, 9.17) is 4.98 Å². The summed E-state index contributed by atoms with van der Waals surface area (Å²) in [6, 6.07) is 21.8. The Morgan fingerprint density at radius 3 is 2.32 bits per heavy atom. The Labute approximate surface area is 227 Å². The molecule has 2 bridgehead atoms. The molecular weight excluding hydrogens is 470 g/mol. The highest BCUT2D eigenvalue weighted by molar-refractivity contribution is 5.76. The molecule has 0 spiro atoms. The maximum atomic E-state index is 12.8. The van der Waals surface area contributed by atoms with E-state index in [0.29, 0.717) is 18.1 Å². The highest BCUT2D eigenvalue weighted by Crippen LogP contribution is 2.45. The first-order valence-corrected chi connectivity index (χ1v) is 14.7. The Bertz CT molecular complexity index is 1250. The van der Waals surface area contributed by atoms with Crippen LogP contribution in [0.25, 0.3) is 11.0 Å². The third-order valence-corrected chi connectivity index (χ3v) is 10.0. The average Bonchev–Trinajstić information content (AvgIpc) is 3.42. The second-order valence-electron chi connectivity index (χ2n) is 11.9. The summed E-state index contributed by atoms with van der Waals surface area (Å²) in [6.07, 6.45) is 8.35. The van der Waals surface area contributed by atoms with Gasteiger partial charge >= 0.3 is 6.03 Å². The molecule has 202 valence electrons. The van der Waals surface area contributed by atoms with E-state index in [-0.39, 0.29) is 11.4 Å². The van der Waals surface area contributed by atoms with E-state index in [2.05, 4.69) is 75.9 Å². The Morgan fingerprint density at radius 1 is 0.974 bits per heavy atom. The first-order valence-electron chi connectivity index (χ1n) is 14.7. The molecule has 0 radical (unpaired) electrons.